The molecule has 0 spiro atoms. The minimum absolute atomic E-state index is 0.0630. The van der Waals surface area contributed by atoms with Crippen LogP contribution in [0.3, 0.4) is 0 Å². The van der Waals surface area contributed by atoms with Gasteiger partial charge in [-0.05, 0) is 43.1 Å². The van der Waals surface area contributed by atoms with Crippen LogP contribution < -0.4 is 5.32 Å². The SMILES string of the molecule is CN1CCN(C(=O)C(Cc2cncn2Cc2ccccc2)NC(=O)C2(c3ccc(Cl)cc3Cl)CC2)CC1. The molecule has 0 radical (unpaired) electrons. The molecule has 1 unspecified atom stereocenters. The summed E-state index contributed by atoms with van der Waals surface area (Å²) in [7, 11) is 2.05. The molecule has 1 saturated heterocycles. The molecule has 5 rings (SSSR count). The number of benzene rings is 2. The molecule has 1 aliphatic heterocycles. The average Bonchev–Trinajstić information content (AvgIpc) is 3.58. The first kappa shape index (κ1) is 25.8. The summed E-state index contributed by atoms with van der Waals surface area (Å²) in [5.74, 6) is -0.231. The fraction of sp³-hybridized carbons (Fsp3) is 0.393. The minimum atomic E-state index is -0.730. The van der Waals surface area contributed by atoms with E-state index >= 15 is 0 Å². The molecule has 1 atom stereocenters. The summed E-state index contributed by atoms with van der Waals surface area (Å²) < 4.78 is 2.04. The molecule has 2 amide bonds. The van der Waals surface area contributed by atoms with E-state index in [0.717, 1.165) is 29.9 Å². The lowest BCUT2D eigenvalue weighted by molar-refractivity contribution is -0.138. The Balaban J connectivity index is 1.38. The van der Waals surface area contributed by atoms with Gasteiger partial charge in [-0.2, -0.15) is 0 Å². The Labute approximate surface area is 227 Å². The fourth-order valence-electron chi connectivity index (χ4n) is 5.01. The van der Waals surface area contributed by atoms with Crippen molar-refractivity contribution >= 4 is 35.0 Å². The van der Waals surface area contributed by atoms with E-state index < -0.39 is 11.5 Å². The van der Waals surface area contributed by atoms with Gasteiger partial charge in [-0.15, -0.1) is 0 Å². The number of halogens is 2. The minimum Gasteiger partial charge on any atom is -0.343 e. The van der Waals surface area contributed by atoms with Crippen molar-refractivity contribution in [2.75, 3.05) is 33.2 Å². The van der Waals surface area contributed by atoms with Gasteiger partial charge in [-0.25, -0.2) is 4.98 Å². The van der Waals surface area contributed by atoms with Crippen LogP contribution in [0.2, 0.25) is 10.0 Å². The maximum atomic E-state index is 13.8. The summed E-state index contributed by atoms with van der Waals surface area (Å²) in [5, 5.41) is 4.12. The first-order chi connectivity index (χ1) is 17.9. The molecule has 3 aromatic rings. The molecular formula is C28H31Cl2N5O2. The van der Waals surface area contributed by atoms with Crippen LogP contribution in [0, 0.1) is 0 Å². The number of aromatic nitrogens is 2. The number of nitrogens with zero attached hydrogens (tertiary/aromatic N) is 4. The molecule has 1 aliphatic carbocycles. The Morgan fingerprint density at radius 3 is 2.46 bits per heavy atom. The van der Waals surface area contributed by atoms with E-state index in [9.17, 15) is 9.59 Å². The Bertz CT molecular complexity index is 1270. The highest BCUT2D eigenvalue weighted by atomic mass is 35.5. The zero-order valence-corrected chi connectivity index (χ0v) is 22.4. The van der Waals surface area contributed by atoms with Crippen molar-refractivity contribution in [2.45, 2.75) is 37.3 Å². The summed E-state index contributed by atoms with van der Waals surface area (Å²) >= 11 is 12.6. The molecule has 2 heterocycles. The number of imidazole rings is 1. The van der Waals surface area contributed by atoms with Crippen molar-refractivity contribution in [1.29, 1.82) is 0 Å². The molecule has 2 aliphatic rings. The molecule has 1 N–H and O–H groups in total. The predicted molar refractivity (Wildman–Crippen MR) is 145 cm³/mol. The second-order valence-corrected chi connectivity index (χ2v) is 10.9. The van der Waals surface area contributed by atoms with Gasteiger partial charge in [0.2, 0.25) is 11.8 Å². The Kier molecular flexibility index (Phi) is 7.56. The molecule has 9 heteroatoms. The van der Waals surface area contributed by atoms with Crippen LogP contribution in [0.5, 0.6) is 0 Å². The van der Waals surface area contributed by atoms with Crippen LogP contribution in [0.15, 0.2) is 61.1 Å². The van der Waals surface area contributed by atoms with Gasteiger partial charge in [-0.1, -0.05) is 59.6 Å². The van der Waals surface area contributed by atoms with Gasteiger partial charge in [0.15, 0.2) is 0 Å². The molecule has 2 aromatic carbocycles. The molecule has 0 bridgehead atoms. The third-order valence-electron chi connectivity index (χ3n) is 7.46. The topological polar surface area (TPSA) is 70.5 Å². The second-order valence-electron chi connectivity index (χ2n) is 10.1. The van der Waals surface area contributed by atoms with Crippen molar-refractivity contribution in [1.82, 2.24) is 24.7 Å². The third-order valence-corrected chi connectivity index (χ3v) is 8.01. The van der Waals surface area contributed by atoms with Crippen molar-refractivity contribution in [3.63, 3.8) is 0 Å². The van der Waals surface area contributed by atoms with Crippen molar-refractivity contribution in [3.8, 4) is 0 Å². The average molecular weight is 540 g/mol. The number of nitrogens with one attached hydrogen (secondary N) is 1. The number of carbonyl (C=O) groups is 2. The van der Waals surface area contributed by atoms with Gasteiger partial charge in [0.1, 0.15) is 6.04 Å². The Hall–Kier alpha value is -2.87. The number of rotatable bonds is 8. The van der Waals surface area contributed by atoms with Crippen LogP contribution in [0.1, 0.15) is 29.7 Å². The highest BCUT2D eigenvalue weighted by Crippen LogP contribution is 2.51. The summed E-state index contributed by atoms with van der Waals surface area (Å²) in [6.07, 6.45) is 5.27. The molecule has 37 heavy (non-hydrogen) atoms. The van der Waals surface area contributed by atoms with E-state index in [2.05, 4.69) is 34.4 Å². The summed E-state index contributed by atoms with van der Waals surface area (Å²) in [4.78, 5) is 35.9. The van der Waals surface area contributed by atoms with Gasteiger partial charge in [0.05, 0.1) is 11.7 Å². The fourth-order valence-corrected chi connectivity index (χ4v) is 5.60. The maximum Gasteiger partial charge on any atom is 0.245 e. The maximum absolute atomic E-state index is 13.8. The van der Waals surface area contributed by atoms with Gasteiger partial charge >= 0.3 is 0 Å². The Morgan fingerprint density at radius 2 is 1.78 bits per heavy atom. The van der Waals surface area contributed by atoms with Crippen LogP contribution in [0.4, 0.5) is 0 Å². The standard InChI is InChI=1S/C28H31Cl2N5O2/c1-33-11-13-34(14-12-33)26(36)25(16-22-17-31-19-35(22)18-20-5-3-2-4-6-20)32-27(37)28(9-10-28)23-8-7-21(29)15-24(23)30/h2-8,15,17,19,25H,9-14,16,18H2,1H3,(H,32,37). The van der Waals surface area contributed by atoms with Crippen LogP contribution in [0.25, 0.3) is 0 Å². The molecule has 7 nitrogen and oxygen atoms in total. The van der Waals surface area contributed by atoms with E-state index in [-0.39, 0.29) is 11.8 Å². The number of carbonyl (C=O) groups excluding carboxylic acids is 2. The summed E-state index contributed by atoms with van der Waals surface area (Å²) in [5.41, 5.74) is 2.07. The molecule has 1 aromatic heterocycles. The number of likely N-dealkylation sites (N-methyl/N-ethyl adjacent to an activating group) is 1. The predicted octanol–water partition coefficient (Wildman–Crippen LogP) is 3.77. The summed E-state index contributed by atoms with van der Waals surface area (Å²) in [6.45, 7) is 3.54. The van der Waals surface area contributed by atoms with E-state index in [1.807, 2.05) is 33.7 Å². The normalized spacial score (nSPS) is 17.9. The van der Waals surface area contributed by atoms with Crippen molar-refractivity contribution < 1.29 is 9.59 Å². The van der Waals surface area contributed by atoms with E-state index in [4.69, 9.17) is 23.2 Å². The first-order valence-corrected chi connectivity index (χ1v) is 13.4. The Morgan fingerprint density at radius 1 is 1.05 bits per heavy atom. The second kappa shape index (κ2) is 10.9. The number of amides is 2. The van der Waals surface area contributed by atoms with Gasteiger partial charge < -0.3 is 19.7 Å². The molecular weight excluding hydrogens is 509 g/mol. The lowest BCUT2D eigenvalue weighted by atomic mass is 9.94. The van der Waals surface area contributed by atoms with Crippen LogP contribution in [-0.2, 0) is 28.0 Å². The van der Waals surface area contributed by atoms with Crippen molar-refractivity contribution in [2.24, 2.45) is 0 Å². The smallest absolute Gasteiger partial charge is 0.245 e. The first-order valence-electron chi connectivity index (χ1n) is 12.6. The van der Waals surface area contributed by atoms with E-state index in [1.54, 1.807) is 24.7 Å². The lowest BCUT2D eigenvalue weighted by Gasteiger charge is -2.35. The summed E-state index contributed by atoms with van der Waals surface area (Å²) in [6, 6.07) is 14.7. The van der Waals surface area contributed by atoms with Gasteiger partial charge in [0, 0.05) is 61.1 Å². The number of hydrogen-bond donors (Lipinski definition) is 1. The van der Waals surface area contributed by atoms with E-state index in [0.29, 0.717) is 48.9 Å². The van der Waals surface area contributed by atoms with Crippen molar-refractivity contribution in [3.05, 3.63) is 87.9 Å². The quantitative estimate of drug-likeness (QED) is 0.473. The van der Waals surface area contributed by atoms with Gasteiger partial charge in [0.25, 0.3) is 0 Å². The monoisotopic (exact) mass is 539 g/mol. The number of hydrogen-bond acceptors (Lipinski definition) is 4. The highest BCUT2D eigenvalue weighted by molar-refractivity contribution is 6.35. The zero-order valence-electron chi connectivity index (χ0n) is 20.9. The third kappa shape index (κ3) is 5.69. The van der Waals surface area contributed by atoms with Crippen LogP contribution in [-0.4, -0.2) is 70.4 Å². The highest BCUT2D eigenvalue weighted by Gasteiger charge is 2.53. The number of piperazine rings is 1. The van der Waals surface area contributed by atoms with E-state index in [1.165, 1.54) is 0 Å². The molecule has 194 valence electrons. The molecule has 1 saturated carbocycles. The van der Waals surface area contributed by atoms with Crippen LogP contribution >= 0.6 is 23.2 Å². The largest absolute Gasteiger partial charge is 0.343 e. The zero-order chi connectivity index (χ0) is 26.0. The molecule has 2 fully saturated rings. The lowest BCUT2D eigenvalue weighted by Crippen LogP contribution is -2.56. The van der Waals surface area contributed by atoms with Gasteiger partial charge in [-0.3, -0.25) is 9.59 Å².